The number of hydrogen-bond donors (Lipinski definition) is 0. The lowest BCUT2D eigenvalue weighted by atomic mass is 9.96. The van der Waals surface area contributed by atoms with Gasteiger partial charge in [-0.25, -0.2) is 9.79 Å². The maximum absolute atomic E-state index is 13.7. The fourth-order valence-corrected chi connectivity index (χ4v) is 6.16. The van der Waals surface area contributed by atoms with Crippen molar-refractivity contribution in [3.8, 4) is 11.5 Å². The SMILES string of the molecule is CCOC(=O)C1=C(C)N=c2s/c(=C\c3ccc(OCCOc4cc(C)ccc4C(C)C)cc3)c(=O)n2[C@H]1c1ccccc1. The molecule has 0 saturated heterocycles. The van der Waals surface area contributed by atoms with Gasteiger partial charge in [0.2, 0.25) is 0 Å². The number of carbonyl (C=O) groups excluding carboxylic acids is 1. The van der Waals surface area contributed by atoms with Crippen molar-refractivity contribution in [2.24, 2.45) is 4.99 Å². The minimum absolute atomic E-state index is 0.207. The highest BCUT2D eigenvalue weighted by molar-refractivity contribution is 7.07. The largest absolute Gasteiger partial charge is 0.490 e. The van der Waals surface area contributed by atoms with Gasteiger partial charge in [-0.05, 0) is 73.2 Å². The Labute approximate surface area is 255 Å². The van der Waals surface area contributed by atoms with Crippen LogP contribution in [-0.4, -0.2) is 30.4 Å². The molecule has 0 bridgehead atoms. The molecule has 222 valence electrons. The van der Waals surface area contributed by atoms with Gasteiger partial charge in [0.05, 0.1) is 28.5 Å². The molecule has 0 unspecified atom stereocenters. The number of aryl methyl sites for hydroxylation is 1. The number of carbonyl (C=O) groups is 1. The Morgan fingerprint density at radius 1 is 1.00 bits per heavy atom. The summed E-state index contributed by atoms with van der Waals surface area (Å²) in [4.78, 5) is 31.9. The van der Waals surface area contributed by atoms with Crippen molar-refractivity contribution in [3.05, 3.63) is 126 Å². The number of esters is 1. The third-order valence-electron chi connectivity index (χ3n) is 7.21. The van der Waals surface area contributed by atoms with E-state index in [1.807, 2.05) is 60.7 Å². The number of ether oxygens (including phenoxy) is 3. The highest BCUT2D eigenvalue weighted by atomic mass is 32.1. The number of benzene rings is 3. The highest BCUT2D eigenvalue weighted by Gasteiger charge is 2.33. The molecule has 0 amide bonds. The summed E-state index contributed by atoms with van der Waals surface area (Å²) in [5, 5.41) is 0. The van der Waals surface area contributed by atoms with Gasteiger partial charge in [0.15, 0.2) is 4.80 Å². The molecule has 3 aromatic carbocycles. The van der Waals surface area contributed by atoms with Gasteiger partial charge >= 0.3 is 5.97 Å². The van der Waals surface area contributed by atoms with Crippen LogP contribution in [0.2, 0.25) is 0 Å². The molecule has 0 N–H and O–H groups in total. The number of rotatable bonds is 10. The Morgan fingerprint density at radius 2 is 1.72 bits per heavy atom. The predicted octanol–water partition coefficient (Wildman–Crippen LogP) is 5.69. The normalized spacial score (nSPS) is 14.8. The summed E-state index contributed by atoms with van der Waals surface area (Å²) in [6.45, 7) is 11.0. The topological polar surface area (TPSA) is 79.1 Å². The van der Waals surface area contributed by atoms with Gasteiger partial charge in [0.25, 0.3) is 5.56 Å². The van der Waals surface area contributed by atoms with E-state index >= 15 is 0 Å². The lowest BCUT2D eigenvalue weighted by Gasteiger charge is -2.24. The second-order valence-corrected chi connectivity index (χ2v) is 11.7. The zero-order valence-corrected chi connectivity index (χ0v) is 25.9. The molecule has 2 heterocycles. The van der Waals surface area contributed by atoms with Crippen LogP contribution in [0.3, 0.4) is 0 Å². The quantitative estimate of drug-likeness (QED) is 0.174. The standard InChI is InChI=1S/C35H36N2O5S/c1-6-40-34(39)31-24(5)36-35-37(32(31)26-10-8-7-9-11-26)33(38)30(43-35)21-25-13-15-27(16-14-25)41-18-19-42-29-20-23(4)12-17-28(29)22(2)3/h7-17,20-22,32H,6,18-19H2,1-5H3/b30-21-/t32-/m0/s1. The Balaban J connectivity index is 1.34. The Bertz CT molecular complexity index is 1820. The van der Waals surface area contributed by atoms with Gasteiger partial charge in [0.1, 0.15) is 24.7 Å². The molecule has 43 heavy (non-hydrogen) atoms. The van der Waals surface area contributed by atoms with Crippen LogP contribution in [0.4, 0.5) is 0 Å². The fourth-order valence-electron chi connectivity index (χ4n) is 5.11. The van der Waals surface area contributed by atoms with Crippen molar-refractivity contribution in [1.82, 2.24) is 4.57 Å². The number of thiazole rings is 1. The Morgan fingerprint density at radius 3 is 2.42 bits per heavy atom. The molecule has 1 atom stereocenters. The molecule has 0 fully saturated rings. The molecule has 1 aliphatic rings. The zero-order chi connectivity index (χ0) is 30.5. The summed E-state index contributed by atoms with van der Waals surface area (Å²) in [7, 11) is 0. The van der Waals surface area contributed by atoms with Crippen molar-refractivity contribution in [2.75, 3.05) is 19.8 Å². The van der Waals surface area contributed by atoms with Crippen molar-refractivity contribution in [1.29, 1.82) is 0 Å². The smallest absolute Gasteiger partial charge is 0.338 e. The molecule has 1 aromatic heterocycles. The first-order valence-electron chi connectivity index (χ1n) is 14.5. The van der Waals surface area contributed by atoms with E-state index in [-0.39, 0.29) is 12.2 Å². The summed E-state index contributed by atoms with van der Waals surface area (Å²) in [6.07, 6.45) is 1.84. The maximum atomic E-state index is 13.7. The van der Waals surface area contributed by atoms with E-state index in [0.717, 1.165) is 22.4 Å². The van der Waals surface area contributed by atoms with E-state index in [2.05, 4.69) is 44.0 Å². The van der Waals surface area contributed by atoms with E-state index < -0.39 is 12.0 Å². The van der Waals surface area contributed by atoms with Gasteiger partial charge < -0.3 is 14.2 Å². The summed E-state index contributed by atoms with van der Waals surface area (Å²) >= 11 is 1.30. The first kappa shape index (κ1) is 30.0. The molecule has 0 radical (unpaired) electrons. The third kappa shape index (κ3) is 6.65. The molecule has 0 saturated carbocycles. The van der Waals surface area contributed by atoms with Crippen molar-refractivity contribution < 1.29 is 19.0 Å². The molecular weight excluding hydrogens is 560 g/mol. The molecule has 0 aliphatic carbocycles. The van der Waals surface area contributed by atoms with Crippen LogP contribution in [0.1, 0.15) is 61.9 Å². The van der Waals surface area contributed by atoms with Crippen molar-refractivity contribution >= 4 is 23.4 Å². The molecule has 0 spiro atoms. The number of hydrogen-bond acceptors (Lipinski definition) is 7. The second kappa shape index (κ2) is 13.3. The summed E-state index contributed by atoms with van der Waals surface area (Å²) < 4.78 is 19.4. The van der Waals surface area contributed by atoms with Crippen LogP contribution in [-0.2, 0) is 9.53 Å². The first-order chi connectivity index (χ1) is 20.8. The minimum Gasteiger partial charge on any atom is -0.490 e. The molecule has 8 heteroatoms. The van der Waals surface area contributed by atoms with Crippen LogP contribution < -0.4 is 24.4 Å². The number of aromatic nitrogens is 1. The summed E-state index contributed by atoms with van der Waals surface area (Å²) in [6, 6.07) is 22.8. The average molecular weight is 597 g/mol. The van der Waals surface area contributed by atoms with E-state index in [0.29, 0.717) is 45.5 Å². The van der Waals surface area contributed by atoms with Crippen LogP contribution in [0, 0.1) is 6.92 Å². The lowest BCUT2D eigenvalue weighted by molar-refractivity contribution is -0.139. The monoisotopic (exact) mass is 596 g/mol. The van der Waals surface area contributed by atoms with Crippen LogP contribution in [0.5, 0.6) is 11.5 Å². The molecule has 4 aromatic rings. The van der Waals surface area contributed by atoms with Gasteiger partial charge in [-0.1, -0.05) is 79.8 Å². The minimum atomic E-state index is -0.618. The Hall–Kier alpha value is -4.43. The highest BCUT2D eigenvalue weighted by Crippen LogP contribution is 2.31. The van der Waals surface area contributed by atoms with Gasteiger partial charge in [-0.3, -0.25) is 9.36 Å². The predicted molar refractivity (Wildman–Crippen MR) is 170 cm³/mol. The number of nitrogens with zero attached hydrogens (tertiary/aromatic N) is 2. The molecular formula is C35H36N2O5S. The van der Waals surface area contributed by atoms with E-state index in [1.165, 1.54) is 16.9 Å². The summed E-state index contributed by atoms with van der Waals surface area (Å²) in [5.74, 6) is 1.52. The first-order valence-corrected chi connectivity index (χ1v) is 15.3. The fraction of sp³-hybridized carbons (Fsp3) is 0.286. The van der Waals surface area contributed by atoms with Gasteiger partial charge in [-0.15, -0.1) is 0 Å². The van der Waals surface area contributed by atoms with Crippen LogP contribution in [0.25, 0.3) is 6.08 Å². The lowest BCUT2D eigenvalue weighted by Crippen LogP contribution is -2.39. The second-order valence-electron chi connectivity index (χ2n) is 10.7. The van der Waals surface area contributed by atoms with E-state index in [9.17, 15) is 9.59 Å². The van der Waals surface area contributed by atoms with Gasteiger partial charge in [0, 0.05) is 0 Å². The van der Waals surface area contributed by atoms with E-state index in [4.69, 9.17) is 14.2 Å². The van der Waals surface area contributed by atoms with Crippen LogP contribution >= 0.6 is 11.3 Å². The third-order valence-corrected chi connectivity index (χ3v) is 8.19. The van der Waals surface area contributed by atoms with Crippen molar-refractivity contribution in [2.45, 2.75) is 46.6 Å². The maximum Gasteiger partial charge on any atom is 0.338 e. The van der Waals surface area contributed by atoms with E-state index in [1.54, 1.807) is 18.4 Å². The van der Waals surface area contributed by atoms with Gasteiger partial charge in [-0.2, -0.15) is 0 Å². The number of allylic oxidation sites excluding steroid dienone is 1. The molecule has 7 nitrogen and oxygen atoms in total. The Kier molecular flexibility index (Phi) is 9.26. The average Bonchev–Trinajstić information content (AvgIpc) is 3.29. The summed E-state index contributed by atoms with van der Waals surface area (Å²) in [5.41, 5.74) is 4.74. The number of fused-ring (bicyclic) bond motifs is 1. The van der Waals surface area contributed by atoms with Crippen LogP contribution in [0.15, 0.2) is 93.9 Å². The molecule has 1 aliphatic heterocycles. The molecule has 5 rings (SSSR count). The zero-order valence-electron chi connectivity index (χ0n) is 25.1. The van der Waals surface area contributed by atoms with Crippen molar-refractivity contribution in [3.63, 3.8) is 0 Å².